The first-order valence-electron chi connectivity index (χ1n) is 7.10. The maximum Gasteiger partial charge on any atom is 0.339 e. The van der Waals surface area contributed by atoms with Gasteiger partial charge in [0.2, 0.25) is 0 Å². The van der Waals surface area contributed by atoms with Crippen molar-refractivity contribution in [2.45, 2.75) is 39.1 Å². The van der Waals surface area contributed by atoms with Crippen LogP contribution in [-0.2, 0) is 9.59 Å². The summed E-state index contributed by atoms with van der Waals surface area (Å²) in [4.78, 5) is 60.9. The molecule has 0 aliphatic heterocycles. The monoisotopic (exact) mass is 337 g/mol. The van der Waals surface area contributed by atoms with Crippen LogP contribution in [0.2, 0.25) is 0 Å². The fraction of sp³-hybridized carbons (Fsp3) is 0.400. The third kappa shape index (κ3) is 3.11. The van der Waals surface area contributed by atoms with Crippen molar-refractivity contribution in [3.05, 3.63) is 56.8 Å². The zero-order chi connectivity index (χ0) is 18.8. The summed E-state index contributed by atoms with van der Waals surface area (Å²) in [6.45, 7) is 10.2. The molecule has 1 aromatic rings. The molecule has 1 N–H and O–H groups in total. The fourth-order valence-electron chi connectivity index (χ4n) is 2.17. The lowest BCUT2D eigenvalue weighted by atomic mass is 10.2. The highest BCUT2D eigenvalue weighted by atomic mass is 16.3. The number of rotatable bonds is 7. The van der Waals surface area contributed by atoms with E-state index in [1.807, 2.05) is 0 Å². The molecule has 0 aromatic carbocycles. The molecule has 0 aliphatic carbocycles. The molecule has 9 nitrogen and oxygen atoms in total. The first kappa shape index (κ1) is 19.2. The number of aliphatic hydroxyl groups is 1. The van der Waals surface area contributed by atoms with Crippen LogP contribution in [0, 0.1) is 0 Å². The number of aliphatic hydroxyl groups excluding tert-OH is 1. The first-order valence-corrected chi connectivity index (χ1v) is 7.10. The highest BCUT2D eigenvalue weighted by Gasteiger charge is 2.27. The van der Waals surface area contributed by atoms with E-state index in [9.17, 15) is 29.1 Å². The van der Waals surface area contributed by atoms with E-state index in [1.54, 1.807) is 0 Å². The van der Waals surface area contributed by atoms with Crippen molar-refractivity contribution in [2.24, 2.45) is 0 Å². The second-order valence-electron chi connectivity index (χ2n) is 5.15. The van der Waals surface area contributed by atoms with E-state index < -0.39 is 46.9 Å². The normalized spacial score (nSPS) is 14.5. The summed E-state index contributed by atoms with van der Waals surface area (Å²) >= 11 is 0. The summed E-state index contributed by atoms with van der Waals surface area (Å²) in [6, 6.07) is -2.52. The Kier molecular flexibility index (Phi) is 5.75. The predicted molar refractivity (Wildman–Crippen MR) is 86.0 cm³/mol. The van der Waals surface area contributed by atoms with Gasteiger partial charge in [-0.15, -0.1) is 0 Å². The van der Waals surface area contributed by atoms with Gasteiger partial charge in [0, 0.05) is 0 Å². The molecular formula is C15H19N3O6. The smallest absolute Gasteiger partial charge is 0.339 e. The van der Waals surface area contributed by atoms with E-state index in [4.69, 9.17) is 0 Å². The van der Waals surface area contributed by atoms with Crippen molar-refractivity contribution >= 4 is 11.6 Å². The summed E-state index contributed by atoms with van der Waals surface area (Å²) < 4.78 is 1.40. The quantitative estimate of drug-likeness (QED) is 0.658. The van der Waals surface area contributed by atoms with Crippen LogP contribution < -0.4 is 17.1 Å². The number of hydrogen-bond donors (Lipinski definition) is 1. The van der Waals surface area contributed by atoms with Crippen molar-refractivity contribution in [1.82, 2.24) is 13.7 Å². The molecule has 130 valence electrons. The number of nitrogens with zero attached hydrogens (tertiary/aromatic N) is 3. The van der Waals surface area contributed by atoms with Crippen molar-refractivity contribution in [2.75, 3.05) is 0 Å². The molecule has 0 aliphatic rings. The van der Waals surface area contributed by atoms with Crippen molar-refractivity contribution in [3.8, 4) is 0 Å². The number of carbonyl (C=O) groups excluding carboxylic acids is 2. The lowest BCUT2D eigenvalue weighted by molar-refractivity contribution is -0.117. The maximum atomic E-state index is 12.6. The highest BCUT2D eigenvalue weighted by molar-refractivity contribution is 5.92. The summed E-state index contributed by atoms with van der Waals surface area (Å²) in [5.41, 5.74) is -3.44. The SMILES string of the molecule is C=CC(=O)C(C)n1c(=O)n(C(C)O)c(=O)n(C(C)C(=O)C=C)c1=O. The Bertz CT molecular complexity index is 806. The third-order valence-electron chi connectivity index (χ3n) is 3.61. The van der Waals surface area contributed by atoms with E-state index in [-0.39, 0.29) is 0 Å². The molecule has 0 amide bonds. The van der Waals surface area contributed by atoms with E-state index in [0.29, 0.717) is 13.7 Å². The minimum Gasteiger partial charge on any atom is -0.373 e. The molecule has 0 fully saturated rings. The standard InChI is InChI=1S/C15H19N3O6/c1-6-11(20)8(3)16-13(22)17(9(4)12(21)7-2)15(24)18(10(5)19)14(16)23/h6-10,19H,1-2H2,3-5H3. The lowest BCUT2D eigenvalue weighted by Crippen LogP contribution is -2.57. The number of carbonyl (C=O) groups is 2. The summed E-state index contributed by atoms with van der Waals surface area (Å²) in [5.74, 6) is -1.28. The van der Waals surface area contributed by atoms with Gasteiger partial charge >= 0.3 is 17.1 Å². The van der Waals surface area contributed by atoms with Crippen LogP contribution in [0.1, 0.15) is 39.1 Å². The summed E-state index contributed by atoms with van der Waals surface area (Å²) in [5, 5.41) is 9.70. The molecule has 0 spiro atoms. The van der Waals surface area contributed by atoms with Gasteiger partial charge in [0.05, 0.1) is 0 Å². The summed E-state index contributed by atoms with van der Waals surface area (Å²) in [7, 11) is 0. The molecule has 3 unspecified atom stereocenters. The Morgan fingerprint density at radius 2 is 1.12 bits per heavy atom. The van der Waals surface area contributed by atoms with Crippen LogP contribution in [0.25, 0.3) is 0 Å². The van der Waals surface area contributed by atoms with E-state index >= 15 is 0 Å². The zero-order valence-electron chi connectivity index (χ0n) is 13.6. The predicted octanol–water partition coefficient (Wildman–Crippen LogP) is -0.685. The van der Waals surface area contributed by atoms with Gasteiger partial charge in [0.1, 0.15) is 18.3 Å². The van der Waals surface area contributed by atoms with Gasteiger partial charge in [0.15, 0.2) is 11.6 Å². The Labute approximate surface area is 136 Å². The Hall–Kier alpha value is -2.81. The van der Waals surface area contributed by atoms with Crippen LogP contribution in [0.15, 0.2) is 39.7 Å². The Morgan fingerprint density at radius 3 is 1.38 bits per heavy atom. The Balaban J connectivity index is 4.00. The average Bonchev–Trinajstić information content (AvgIpc) is 2.52. The molecule has 1 heterocycles. The van der Waals surface area contributed by atoms with Crippen LogP contribution in [-0.4, -0.2) is 30.4 Å². The van der Waals surface area contributed by atoms with Gasteiger partial charge in [-0.25, -0.2) is 28.1 Å². The largest absolute Gasteiger partial charge is 0.373 e. The van der Waals surface area contributed by atoms with Crippen LogP contribution in [0.4, 0.5) is 0 Å². The van der Waals surface area contributed by atoms with Gasteiger partial charge in [-0.05, 0) is 32.9 Å². The summed E-state index contributed by atoms with van der Waals surface area (Å²) in [6.07, 6.45) is 0.286. The topological polar surface area (TPSA) is 120 Å². The van der Waals surface area contributed by atoms with Gasteiger partial charge in [0.25, 0.3) is 0 Å². The average molecular weight is 337 g/mol. The van der Waals surface area contributed by atoms with E-state index in [0.717, 1.165) is 19.1 Å². The highest BCUT2D eigenvalue weighted by Crippen LogP contribution is 2.05. The molecular weight excluding hydrogens is 318 g/mol. The molecule has 9 heteroatoms. The minimum atomic E-state index is -1.57. The van der Waals surface area contributed by atoms with Crippen LogP contribution in [0.5, 0.6) is 0 Å². The number of hydrogen-bond acceptors (Lipinski definition) is 6. The van der Waals surface area contributed by atoms with Gasteiger partial charge in [-0.3, -0.25) is 9.59 Å². The van der Waals surface area contributed by atoms with Crippen molar-refractivity contribution in [1.29, 1.82) is 0 Å². The second-order valence-corrected chi connectivity index (χ2v) is 5.15. The zero-order valence-corrected chi connectivity index (χ0v) is 13.6. The molecule has 0 saturated heterocycles. The van der Waals surface area contributed by atoms with Gasteiger partial charge < -0.3 is 5.11 Å². The third-order valence-corrected chi connectivity index (χ3v) is 3.61. The number of allylic oxidation sites excluding steroid dienone is 2. The number of aromatic nitrogens is 3. The Morgan fingerprint density at radius 1 is 0.833 bits per heavy atom. The minimum absolute atomic E-state index is 0.390. The fourth-order valence-corrected chi connectivity index (χ4v) is 2.17. The lowest BCUT2D eigenvalue weighted by Gasteiger charge is -2.20. The molecule has 0 bridgehead atoms. The molecule has 3 atom stereocenters. The number of ketones is 2. The van der Waals surface area contributed by atoms with Gasteiger partial charge in [-0.2, -0.15) is 0 Å². The second kappa shape index (κ2) is 7.18. The first-order chi connectivity index (χ1) is 11.1. The van der Waals surface area contributed by atoms with Crippen LogP contribution in [0.3, 0.4) is 0 Å². The molecule has 1 rings (SSSR count). The van der Waals surface area contributed by atoms with Crippen LogP contribution >= 0.6 is 0 Å². The van der Waals surface area contributed by atoms with E-state index in [2.05, 4.69) is 13.2 Å². The maximum absolute atomic E-state index is 12.6. The molecule has 1 aromatic heterocycles. The van der Waals surface area contributed by atoms with Crippen molar-refractivity contribution in [3.63, 3.8) is 0 Å². The molecule has 0 radical (unpaired) electrons. The molecule has 24 heavy (non-hydrogen) atoms. The molecule has 0 saturated carbocycles. The van der Waals surface area contributed by atoms with E-state index in [1.165, 1.54) is 13.8 Å². The van der Waals surface area contributed by atoms with Crippen molar-refractivity contribution < 1.29 is 14.7 Å². The van der Waals surface area contributed by atoms with Gasteiger partial charge in [-0.1, -0.05) is 13.2 Å².